The van der Waals surface area contributed by atoms with Crippen molar-refractivity contribution in [2.75, 3.05) is 0 Å². The molecule has 0 aliphatic carbocycles. The zero-order chi connectivity index (χ0) is 14.5. The van der Waals surface area contributed by atoms with Gasteiger partial charge in [-0.3, -0.25) is 0 Å². The summed E-state index contributed by atoms with van der Waals surface area (Å²) in [4.78, 5) is 0. The molecular weight excluding hydrogens is 244 g/mol. The van der Waals surface area contributed by atoms with Crippen molar-refractivity contribution in [2.45, 2.75) is 83.7 Å². The molecule has 0 saturated carbocycles. The summed E-state index contributed by atoms with van der Waals surface area (Å²) in [6.07, 6.45) is 13.7. The Morgan fingerprint density at radius 2 is 1.35 bits per heavy atom. The Bertz CT molecular complexity index is 307. The van der Waals surface area contributed by atoms with Crippen LogP contribution in [-0.2, 0) is 6.42 Å². The summed E-state index contributed by atoms with van der Waals surface area (Å²) in [6.45, 7) is 2.06. The summed E-state index contributed by atoms with van der Waals surface area (Å²) in [7, 11) is 0. The van der Waals surface area contributed by atoms with E-state index in [1.165, 1.54) is 63.4 Å². The van der Waals surface area contributed by atoms with Gasteiger partial charge in [0.15, 0.2) is 0 Å². The van der Waals surface area contributed by atoms with Crippen molar-refractivity contribution in [3.63, 3.8) is 0 Å². The first-order chi connectivity index (χ1) is 9.83. The zero-order valence-electron chi connectivity index (χ0n) is 13.2. The van der Waals surface area contributed by atoms with Crippen LogP contribution >= 0.6 is 0 Å². The van der Waals surface area contributed by atoms with E-state index in [4.69, 9.17) is 0 Å². The molecule has 1 nitrogen and oxygen atoms in total. The normalized spacial score (nSPS) is 12.5. The van der Waals surface area contributed by atoms with Crippen molar-refractivity contribution >= 4 is 0 Å². The Kier molecular flexibility index (Phi) is 10.3. The molecule has 0 aliphatic rings. The third-order valence-corrected chi connectivity index (χ3v) is 4.07. The van der Waals surface area contributed by atoms with E-state index in [1.807, 2.05) is 0 Å². The van der Waals surface area contributed by atoms with Gasteiger partial charge in [-0.25, -0.2) is 0 Å². The highest BCUT2D eigenvalue weighted by Crippen LogP contribution is 2.13. The summed E-state index contributed by atoms with van der Waals surface area (Å²) in [6, 6.07) is 10.8. The van der Waals surface area contributed by atoms with Crippen LogP contribution in [0, 0.1) is 0 Å². The molecule has 0 fully saturated rings. The van der Waals surface area contributed by atoms with Crippen LogP contribution in [0.3, 0.4) is 0 Å². The van der Waals surface area contributed by atoms with Gasteiger partial charge in [-0.05, 0) is 31.2 Å². The van der Waals surface area contributed by atoms with Crippen LogP contribution in [0.2, 0.25) is 0 Å². The minimum Gasteiger partial charge on any atom is -0.393 e. The van der Waals surface area contributed by atoms with Gasteiger partial charge in [0.05, 0.1) is 6.10 Å². The predicted molar refractivity (Wildman–Crippen MR) is 88.0 cm³/mol. The van der Waals surface area contributed by atoms with Crippen LogP contribution < -0.4 is 0 Å². The Hall–Kier alpha value is -0.820. The molecule has 0 aliphatic heterocycles. The number of benzene rings is 1. The van der Waals surface area contributed by atoms with Crippen molar-refractivity contribution in [3.8, 4) is 0 Å². The Labute approximate surface area is 125 Å². The summed E-state index contributed by atoms with van der Waals surface area (Å²) >= 11 is 0. The van der Waals surface area contributed by atoms with E-state index in [0.29, 0.717) is 0 Å². The van der Waals surface area contributed by atoms with Crippen LogP contribution in [-0.4, -0.2) is 11.2 Å². The number of aryl methyl sites for hydroxylation is 1. The van der Waals surface area contributed by atoms with Gasteiger partial charge < -0.3 is 5.11 Å². The summed E-state index contributed by atoms with van der Waals surface area (Å²) < 4.78 is 0. The van der Waals surface area contributed by atoms with Crippen LogP contribution in [0.1, 0.15) is 76.7 Å². The number of hydrogen-bond donors (Lipinski definition) is 1. The fourth-order valence-electron chi connectivity index (χ4n) is 2.62. The number of hydrogen-bond acceptors (Lipinski definition) is 1. The maximum atomic E-state index is 9.45. The average molecular weight is 276 g/mol. The molecule has 0 heterocycles. The minimum absolute atomic E-state index is 0.0620. The van der Waals surface area contributed by atoms with Crippen molar-refractivity contribution in [2.24, 2.45) is 0 Å². The van der Waals surface area contributed by atoms with Gasteiger partial charge in [-0.1, -0.05) is 82.2 Å². The monoisotopic (exact) mass is 276 g/mol. The molecule has 1 heteroatoms. The molecule has 0 amide bonds. The first-order valence-electron chi connectivity index (χ1n) is 8.55. The molecule has 1 N–H and O–H groups in total. The van der Waals surface area contributed by atoms with Gasteiger partial charge in [-0.2, -0.15) is 0 Å². The second-order valence-electron chi connectivity index (χ2n) is 5.91. The molecule has 1 rings (SSSR count). The van der Waals surface area contributed by atoms with E-state index in [2.05, 4.69) is 37.3 Å². The number of unbranched alkanes of at least 4 members (excludes halogenated alkanes) is 7. The topological polar surface area (TPSA) is 20.2 Å². The molecule has 1 aromatic rings. The fraction of sp³-hybridized carbons (Fsp3) is 0.684. The van der Waals surface area contributed by atoms with Crippen LogP contribution in [0.5, 0.6) is 0 Å². The molecule has 0 aromatic heterocycles. The first kappa shape index (κ1) is 17.2. The van der Waals surface area contributed by atoms with Gasteiger partial charge in [0.25, 0.3) is 0 Å². The van der Waals surface area contributed by atoms with E-state index < -0.39 is 0 Å². The lowest BCUT2D eigenvalue weighted by molar-refractivity contribution is 0.156. The van der Waals surface area contributed by atoms with Gasteiger partial charge in [0, 0.05) is 0 Å². The molecule has 0 spiro atoms. The molecule has 0 unspecified atom stereocenters. The van der Waals surface area contributed by atoms with Crippen LogP contribution in [0.25, 0.3) is 0 Å². The Morgan fingerprint density at radius 1 is 0.800 bits per heavy atom. The first-order valence-corrected chi connectivity index (χ1v) is 8.55. The molecule has 0 radical (unpaired) electrons. The number of rotatable bonds is 12. The average Bonchev–Trinajstić information content (AvgIpc) is 2.50. The second kappa shape index (κ2) is 12.0. The largest absolute Gasteiger partial charge is 0.393 e. The number of aliphatic hydroxyl groups is 1. The lowest BCUT2D eigenvalue weighted by Gasteiger charge is -2.06. The predicted octanol–water partition coefficient (Wildman–Crippen LogP) is 5.51. The summed E-state index contributed by atoms with van der Waals surface area (Å²) in [5.41, 5.74) is 1.47. The maximum absolute atomic E-state index is 9.45. The molecule has 1 aromatic carbocycles. The van der Waals surface area contributed by atoms with E-state index in [9.17, 15) is 5.11 Å². The van der Waals surface area contributed by atoms with Gasteiger partial charge >= 0.3 is 0 Å². The lowest BCUT2D eigenvalue weighted by Crippen LogP contribution is -2.03. The zero-order valence-corrected chi connectivity index (χ0v) is 13.2. The molecular formula is C19H32O. The van der Waals surface area contributed by atoms with Crippen molar-refractivity contribution in [1.82, 2.24) is 0 Å². The Morgan fingerprint density at radius 3 is 1.95 bits per heavy atom. The van der Waals surface area contributed by atoms with Crippen molar-refractivity contribution in [1.29, 1.82) is 0 Å². The van der Waals surface area contributed by atoms with E-state index in [-0.39, 0.29) is 6.10 Å². The summed E-state index contributed by atoms with van der Waals surface area (Å²) in [5, 5.41) is 9.45. The number of aliphatic hydroxyl groups excluding tert-OH is 1. The maximum Gasteiger partial charge on any atom is 0.0537 e. The van der Waals surface area contributed by atoms with E-state index in [0.717, 1.165) is 12.8 Å². The van der Waals surface area contributed by atoms with Crippen LogP contribution in [0.4, 0.5) is 0 Å². The SMILES string of the molecule is CC[C@H](O)CCCCCCCCCCc1ccccc1. The van der Waals surface area contributed by atoms with Gasteiger partial charge in [0.1, 0.15) is 0 Å². The molecule has 0 bridgehead atoms. The lowest BCUT2D eigenvalue weighted by atomic mass is 10.0. The van der Waals surface area contributed by atoms with Gasteiger partial charge in [-0.15, -0.1) is 0 Å². The Balaban J connectivity index is 1.81. The third kappa shape index (κ3) is 9.14. The molecule has 114 valence electrons. The summed E-state index contributed by atoms with van der Waals surface area (Å²) in [5.74, 6) is 0. The third-order valence-electron chi connectivity index (χ3n) is 4.07. The fourth-order valence-corrected chi connectivity index (χ4v) is 2.62. The molecule has 0 saturated heterocycles. The van der Waals surface area contributed by atoms with Crippen molar-refractivity contribution < 1.29 is 5.11 Å². The quantitative estimate of drug-likeness (QED) is 0.499. The van der Waals surface area contributed by atoms with E-state index >= 15 is 0 Å². The molecule has 1 atom stereocenters. The molecule has 20 heavy (non-hydrogen) atoms. The minimum atomic E-state index is -0.0620. The van der Waals surface area contributed by atoms with Crippen LogP contribution in [0.15, 0.2) is 30.3 Å². The second-order valence-corrected chi connectivity index (χ2v) is 5.91. The standard InChI is InChI=1S/C19H32O/c1-2-19(20)17-13-8-6-4-3-5-7-10-14-18-15-11-9-12-16-18/h9,11-12,15-16,19-20H,2-8,10,13-14,17H2,1H3/t19-/m0/s1. The highest BCUT2D eigenvalue weighted by molar-refractivity contribution is 5.14. The smallest absolute Gasteiger partial charge is 0.0537 e. The highest BCUT2D eigenvalue weighted by Gasteiger charge is 1.99. The van der Waals surface area contributed by atoms with Crippen molar-refractivity contribution in [3.05, 3.63) is 35.9 Å². The highest BCUT2D eigenvalue weighted by atomic mass is 16.3. The van der Waals surface area contributed by atoms with E-state index in [1.54, 1.807) is 0 Å². The van der Waals surface area contributed by atoms with Gasteiger partial charge in [0.2, 0.25) is 0 Å².